The average molecular weight is 193 g/mol. The molecule has 1 heterocycles. The maximum Gasteiger partial charge on any atom is 0.123 e. The lowest BCUT2D eigenvalue weighted by Crippen LogP contribution is -2.46. The Labute approximate surface area is 86.0 Å². The molecule has 0 radical (unpaired) electrons. The van der Waals surface area contributed by atoms with Crippen LogP contribution in [-0.2, 0) is 0 Å². The van der Waals surface area contributed by atoms with E-state index in [0.29, 0.717) is 5.84 Å². The summed E-state index contributed by atoms with van der Waals surface area (Å²) in [7, 11) is 0. The maximum absolute atomic E-state index is 7.96. The van der Waals surface area contributed by atoms with E-state index in [0.717, 1.165) is 31.8 Å². The van der Waals surface area contributed by atoms with E-state index in [1.165, 1.54) is 0 Å². The maximum atomic E-state index is 7.96. The topological polar surface area (TPSA) is 39.1 Å². The van der Waals surface area contributed by atoms with Gasteiger partial charge in [0, 0.05) is 26.2 Å². The lowest BCUT2D eigenvalue weighted by Gasteiger charge is -2.29. The zero-order valence-electron chi connectivity index (χ0n) is 9.01. The van der Waals surface area contributed by atoms with Crippen LogP contribution < -0.4 is 5.32 Å². The van der Waals surface area contributed by atoms with E-state index < -0.39 is 0 Å². The van der Waals surface area contributed by atoms with Crippen LogP contribution >= 0.6 is 0 Å². The van der Waals surface area contributed by atoms with Gasteiger partial charge in [-0.25, -0.2) is 0 Å². The van der Waals surface area contributed by atoms with E-state index in [1.54, 1.807) is 0 Å². The Morgan fingerprint density at radius 3 is 2.57 bits per heavy atom. The SMILES string of the molecule is C/C=C\C=C(\C)C(=N)N1CCNCC1. The molecule has 1 saturated heterocycles. The summed E-state index contributed by atoms with van der Waals surface area (Å²) in [6.45, 7) is 7.83. The molecule has 1 fully saturated rings. The Morgan fingerprint density at radius 2 is 2.00 bits per heavy atom. The van der Waals surface area contributed by atoms with Crippen LogP contribution in [0.25, 0.3) is 0 Å². The first kappa shape index (κ1) is 11.0. The van der Waals surface area contributed by atoms with Gasteiger partial charge in [-0.05, 0) is 19.4 Å². The number of piperazine rings is 1. The van der Waals surface area contributed by atoms with Crippen molar-refractivity contribution < 1.29 is 0 Å². The monoisotopic (exact) mass is 193 g/mol. The van der Waals surface area contributed by atoms with Gasteiger partial charge in [-0.3, -0.25) is 5.41 Å². The number of amidine groups is 1. The predicted molar refractivity (Wildman–Crippen MR) is 60.7 cm³/mol. The number of allylic oxidation sites excluding steroid dienone is 3. The molecule has 0 saturated carbocycles. The summed E-state index contributed by atoms with van der Waals surface area (Å²) in [5.41, 5.74) is 1.03. The average Bonchev–Trinajstić information content (AvgIpc) is 2.26. The number of nitrogens with one attached hydrogen (secondary N) is 2. The molecule has 0 spiro atoms. The van der Waals surface area contributed by atoms with E-state index in [4.69, 9.17) is 5.41 Å². The first-order valence-electron chi connectivity index (χ1n) is 5.10. The molecule has 0 aromatic rings. The fourth-order valence-electron chi connectivity index (χ4n) is 1.46. The molecular weight excluding hydrogens is 174 g/mol. The molecule has 0 aromatic heterocycles. The standard InChI is InChI=1S/C11H19N3/c1-3-4-5-10(2)11(12)14-8-6-13-7-9-14/h3-5,12-13H,6-9H2,1-2H3/b4-3-,10-5-,12-11?. The van der Waals surface area contributed by atoms with E-state index in [1.807, 2.05) is 32.1 Å². The van der Waals surface area contributed by atoms with Gasteiger partial charge in [0.2, 0.25) is 0 Å². The highest BCUT2D eigenvalue weighted by Crippen LogP contribution is 2.03. The molecular formula is C11H19N3. The van der Waals surface area contributed by atoms with Crippen molar-refractivity contribution in [3.8, 4) is 0 Å². The third-order valence-electron chi connectivity index (χ3n) is 2.35. The van der Waals surface area contributed by atoms with Crippen molar-refractivity contribution in [3.05, 3.63) is 23.8 Å². The minimum Gasteiger partial charge on any atom is -0.354 e. The normalized spacial score (nSPS) is 19.0. The minimum atomic E-state index is 0.657. The van der Waals surface area contributed by atoms with Crippen LogP contribution in [0, 0.1) is 5.41 Å². The zero-order chi connectivity index (χ0) is 10.4. The van der Waals surface area contributed by atoms with Crippen LogP contribution in [0.4, 0.5) is 0 Å². The van der Waals surface area contributed by atoms with Crippen LogP contribution in [0.3, 0.4) is 0 Å². The van der Waals surface area contributed by atoms with Crippen molar-refractivity contribution in [3.63, 3.8) is 0 Å². The highest BCUT2D eigenvalue weighted by molar-refractivity contribution is 5.95. The van der Waals surface area contributed by atoms with Crippen molar-refractivity contribution in [2.24, 2.45) is 0 Å². The van der Waals surface area contributed by atoms with Crippen molar-refractivity contribution in [1.29, 1.82) is 5.41 Å². The fraction of sp³-hybridized carbons (Fsp3) is 0.545. The summed E-state index contributed by atoms with van der Waals surface area (Å²) in [6, 6.07) is 0. The van der Waals surface area contributed by atoms with Gasteiger partial charge in [-0.2, -0.15) is 0 Å². The molecule has 3 nitrogen and oxygen atoms in total. The first-order valence-corrected chi connectivity index (χ1v) is 5.10. The Hall–Kier alpha value is -1.09. The molecule has 0 aromatic carbocycles. The molecule has 1 rings (SSSR count). The summed E-state index contributed by atoms with van der Waals surface area (Å²) >= 11 is 0. The second-order valence-corrected chi connectivity index (χ2v) is 3.46. The Bertz CT molecular complexity index is 247. The number of rotatable bonds is 2. The van der Waals surface area contributed by atoms with Crippen LogP contribution in [-0.4, -0.2) is 36.9 Å². The molecule has 1 aliphatic rings. The molecule has 14 heavy (non-hydrogen) atoms. The molecule has 1 aliphatic heterocycles. The highest BCUT2D eigenvalue weighted by atomic mass is 15.2. The van der Waals surface area contributed by atoms with Gasteiger partial charge in [-0.1, -0.05) is 18.2 Å². The summed E-state index contributed by atoms with van der Waals surface area (Å²) in [5.74, 6) is 0.657. The van der Waals surface area contributed by atoms with E-state index in [9.17, 15) is 0 Å². The Balaban J connectivity index is 2.54. The smallest absolute Gasteiger partial charge is 0.123 e. The van der Waals surface area contributed by atoms with Crippen molar-refractivity contribution >= 4 is 5.84 Å². The number of nitrogens with zero attached hydrogens (tertiary/aromatic N) is 1. The summed E-state index contributed by atoms with van der Waals surface area (Å²) in [4.78, 5) is 2.12. The Morgan fingerprint density at radius 1 is 1.36 bits per heavy atom. The zero-order valence-corrected chi connectivity index (χ0v) is 9.01. The van der Waals surface area contributed by atoms with Crippen LogP contribution in [0.1, 0.15) is 13.8 Å². The molecule has 78 valence electrons. The van der Waals surface area contributed by atoms with E-state index in [-0.39, 0.29) is 0 Å². The highest BCUT2D eigenvalue weighted by Gasteiger charge is 2.13. The Kier molecular flexibility index (Phi) is 4.40. The second kappa shape index (κ2) is 5.60. The van der Waals surface area contributed by atoms with Gasteiger partial charge in [0.05, 0.1) is 0 Å². The molecule has 0 bridgehead atoms. The number of hydrogen-bond acceptors (Lipinski definition) is 2. The fourth-order valence-corrected chi connectivity index (χ4v) is 1.46. The predicted octanol–water partition coefficient (Wildman–Crippen LogP) is 1.39. The van der Waals surface area contributed by atoms with Crippen LogP contribution in [0.2, 0.25) is 0 Å². The van der Waals surface area contributed by atoms with Gasteiger partial charge in [-0.15, -0.1) is 0 Å². The lowest BCUT2D eigenvalue weighted by atomic mass is 10.2. The largest absolute Gasteiger partial charge is 0.354 e. The molecule has 0 unspecified atom stereocenters. The summed E-state index contributed by atoms with van der Waals surface area (Å²) in [6.07, 6.45) is 5.95. The quantitative estimate of drug-likeness (QED) is 0.395. The first-order chi connectivity index (χ1) is 6.75. The second-order valence-electron chi connectivity index (χ2n) is 3.46. The van der Waals surface area contributed by atoms with Gasteiger partial charge in [0.25, 0.3) is 0 Å². The third kappa shape index (κ3) is 3.00. The van der Waals surface area contributed by atoms with Crippen molar-refractivity contribution in [2.45, 2.75) is 13.8 Å². The third-order valence-corrected chi connectivity index (χ3v) is 2.35. The summed E-state index contributed by atoms with van der Waals surface area (Å²) in [5, 5.41) is 11.2. The molecule has 3 heteroatoms. The molecule has 0 aliphatic carbocycles. The van der Waals surface area contributed by atoms with Gasteiger partial charge in [0.1, 0.15) is 5.84 Å². The van der Waals surface area contributed by atoms with Gasteiger partial charge in [0.15, 0.2) is 0 Å². The summed E-state index contributed by atoms with van der Waals surface area (Å²) < 4.78 is 0. The van der Waals surface area contributed by atoms with Gasteiger partial charge >= 0.3 is 0 Å². The molecule has 2 N–H and O–H groups in total. The van der Waals surface area contributed by atoms with Crippen molar-refractivity contribution in [2.75, 3.05) is 26.2 Å². The van der Waals surface area contributed by atoms with E-state index in [2.05, 4.69) is 10.2 Å². The van der Waals surface area contributed by atoms with Gasteiger partial charge < -0.3 is 10.2 Å². The molecule has 0 atom stereocenters. The lowest BCUT2D eigenvalue weighted by molar-refractivity contribution is 0.355. The van der Waals surface area contributed by atoms with Crippen LogP contribution in [0.15, 0.2) is 23.8 Å². The van der Waals surface area contributed by atoms with E-state index >= 15 is 0 Å². The van der Waals surface area contributed by atoms with Crippen molar-refractivity contribution in [1.82, 2.24) is 10.2 Å². The van der Waals surface area contributed by atoms with Crippen LogP contribution in [0.5, 0.6) is 0 Å². The molecule has 0 amide bonds. The minimum absolute atomic E-state index is 0.657. The number of hydrogen-bond donors (Lipinski definition) is 2.